The zero-order chi connectivity index (χ0) is 23.9. The van der Waals surface area contributed by atoms with Gasteiger partial charge in [-0.1, -0.05) is 25.1 Å². The number of carbonyl (C=O) groups excluding carboxylic acids is 1. The summed E-state index contributed by atoms with van der Waals surface area (Å²) in [6.07, 6.45) is 3.07. The van der Waals surface area contributed by atoms with Gasteiger partial charge < -0.3 is 15.2 Å². The van der Waals surface area contributed by atoms with Gasteiger partial charge in [0.1, 0.15) is 17.3 Å². The molecule has 2 heterocycles. The van der Waals surface area contributed by atoms with E-state index in [-0.39, 0.29) is 29.3 Å². The van der Waals surface area contributed by atoms with Crippen molar-refractivity contribution in [2.75, 3.05) is 39.3 Å². The van der Waals surface area contributed by atoms with Crippen molar-refractivity contribution < 1.29 is 19.0 Å². The molecule has 2 aromatic carbocycles. The summed E-state index contributed by atoms with van der Waals surface area (Å²) in [6, 6.07) is 13.8. The van der Waals surface area contributed by atoms with Crippen molar-refractivity contribution in [3.8, 4) is 11.5 Å². The Morgan fingerprint density at radius 3 is 2.79 bits per heavy atom. The van der Waals surface area contributed by atoms with Gasteiger partial charge in [0.05, 0.1) is 12.5 Å². The molecule has 2 aliphatic heterocycles. The lowest BCUT2D eigenvalue weighted by Crippen LogP contribution is -2.49. The van der Waals surface area contributed by atoms with Gasteiger partial charge in [0.2, 0.25) is 5.91 Å². The lowest BCUT2D eigenvalue weighted by Gasteiger charge is -2.37. The molecule has 0 saturated carbocycles. The fraction of sp³-hybridized carbons (Fsp3) is 0.519. The zero-order valence-electron chi connectivity index (χ0n) is 20.0. The first-order chi connectivity index (χ1) is 16.5. The number of amides is 1. The highest BCUT2D eigenvalue weighted by atomic mass is 19.1. The Balaban J connectivity index is 1.39. The number of likely N-dealkylation sites (tertiary alicyclic amines) is 2. The number of hydrogen-bond donors (Lipinski definition) is 2. The minimum Gasteiger partial charge on any atom is -0.508 e. The summed E-state index contributed by atoms with van der Waals surface area (Å²) in [5.74, 6) is 0.577. The molecule has 2 aromatic rings. The van der Waals surface area contributed by atoms with Crippen molar-refractivity contribution in [3.63, 3.8) is 0 Å². The maximum absolute atomic E-state index is 13.5. The van der Waals surface area contributed by atoms with Crippen molar-refractivity contribution in [2.45, 2.75) is 38.8 Å². The van der Waals surface area contributed by atoms with Crippen molar-refractivity contribution in [1.29, 1.82) is 0 Å². The summed E-state index contributed by atoms with van der Waals surface area (Å²) in [5.41, 5.74) is 1.09. The molecule has 2 N–H and O–H groups in total. The van der Waals surface area contributed by atoms with E-state index < -0.39 is 0 Å². The third-order valence-corrected chi connectivity index (χ3v) is 7.03. The quantitative estimate of drug-likeness (QED) is 0.587. The van der Waals surface area contributed by atoms with Gasteiger partial charge >= 0.3 is 0 Å². The van der Waals surface area contributed by atoms with Gasteiger partial charge in [0.15, 0.2) is 0 Å². The molecule has 1 amide bonds. The average molecular weight is 470 g/mol. The first-order valence-electron chi connectivity index (χ1n) is 12.4. The Hall–Kier alpha value is -2.64. The number of rotatable bonds is 9. The molecule has 0 aromatic heterocycles. The van der Waals surface area contributed by atoms with Crippen molar-refractivity contribution in [3.05, 3.63) is 59.9 Å². The summed E-state index contributed by atoms with van der Waals surface area (Å²) >= 11 is 0. The van der Waals surface area contributed by atoms with Gasteiger partial charge in [-0.15, -0.1) is 0 Å². The van der Waals surface area contributed by atoms with E-state index in [9.17, 15) is 14.3 Å². The first-order valence-corrected chi connectivity index (χ1v) is 12.4. The molecule has 3 atom stereocenters. The minimum atomic E-state index is -0.319. The normalized spacial score (nSPS) is 23.6. The number of ether oxygens (including phenoxy) is 1. The number of halogens is 1. The Labute approximate surface area is 201 Å². The van der Waals surface area contributed by atoms with Gasteiger partial charge in [-0.05, 0) is 62.2 Å². The summed E-state index contributed by atoms with van der Waals surface area (Å²) in [7, 11) is 0. The van der Waals surface area contributed by atoms with Gasteiger partial charge in [-0.2, -0.15) is 0 Å². The van der Waals surface area contributed by atoms with Gasteiger partial charge in [0.25, 0.3) is 0 Å². The molecule has 2 aliphatic rings. The standard InChI is InChI=1S/C27H36FN3O3/c1-2-31-12-4-6-24(31)15-29-27(33)22-13-21(19-34-26-7-3-5-23(28)14-26)17-30(18-22)16-20-8-10-25(32)11-9-20/h3,5,7-11,14,21-22,24,32H,2,4,6,12-13,15-19H2,1H3,(H,29,33)/t21-,22+,24?/m0/s1. The fourth-order valence-electron chi connectivity index (χ4n) is 5.28. The molecule has 0 aliphatic carbocycles. The number of nitrogens with zero attached hydrogens (tertiary/aromatic N) is 2. The monoisotopic (exact) mass is 469 g/mol. The molecular formula is C27H36FN3O3. The van der Waals surface area contributed by atoms with E-state index in [1.54, 1.807) is 24.3 Å². The van der Waals surface area contributed by atoms with Gasteiger partial charge in [-0.25, -0.2) is 4.39 Å². The van der Waals surface area contributed by atoms with E-state index >= 15 is 0 Å². The highest BCUT2D eigenvalue weighted by Crippen LogP contribution is 2.26. The van der Waals surface area contributed by atoms with Crippen molar-refractivity contribution in [2.24, 2.45) is 11.8 Å². The predicted molar refractivity (Wildman–Crippen MR) is 130 cm³/mol. The van der Waals surface area contributed by atoms with E-state index in [1.807, 2.05) is 12.1 Å². The fourth-order valence-corrected chi connectivity index (χ4v) is 5.28. The van der Waals surface area contributed by atoms with Gasteiger partial charge in [-0.3, -0.25) is 14.6 Å². The molecule has 1 unspecified atom stereocenters. The van der Waals surface area contributed by atoms with Crippen molar-refractivity contribution >= 4 is 5.91 Å². The van der Waals surface area contributed by atoms with Crippen LogP contribution in [0.25, 0.3) is 0 Å². The largest absolute Gasteiger partial charge is 0.508 e. The van der Waals surface area contributed by atoms with Crippen LogP contribution in [0.2, 0.25) is 0 Å². The van der Waals surface area contributed by atoms with Gasteiger partial charge in [0, 0.05) is 44.2 Å². The number of phenols is 1. The Bertz CT molecular complexity index is 939. The average Bonchev–Trinajstić information content (AvgIpc) is 3.30. The Kier molecular flexibility index (Phi) is 8.40. The second-order valence-electron chi connectivity index (χ2n) is 9.60. The second kappa shape index (κ2) is 11.7. The van der Waals surface area contributed by atoms with E-state index in [0.717, 1.165) is 38.0 Å². The molecule has 4 rings (SSSR count). The number of nitrogens with one attached hydrogen (secondary N) is 1. The third-order valence-electron chi connectivity index (χ3n) is 7.03. The summed E-state index contributed by atoms with van der Waals surface area (Å²) < 4.78 is 19.4. The molecule has 7 heteroatoms. The molecule has 0 bridgehead atoms. The first kappa shape index (κ1) is 24.5. The third kappa shape index (κ3) is 6.70. The highest BCUT2D eigenvalue weighted by molar-refractivity contribution is 5.79. The van der Waals surface area contributed by atoms with E-state index in [2.05, 4.69) is 22.0 Å². The van der Waals surface area contributed by atoms with Crippen LogP contribution in [-0.2, 0) is 11.3 Å². The second-order valence-corrected chi connectivity index (χ2v) is 9.60. The van der Waals surface area contributed by atoms with Crippen LogP contribution in [0.15, 0.2) is 48.5 Å². The highest BCUT2D eigenvalue weighted by Gasteiger charge is 2.33. The Morgan fingerprint density at radius 1 is 1.21 bits per heavy atom. The van der Waals surface area contributed by atoms with Crippen LogP contribution >= 0.6 is 0 Å². The Morgan fingerprint density at radius 2 is 2.03 bits per heavy atom. The maximum atomic E-state index is 13.5. The molecular weight excluding hydrogens is 433 g/mol. The van der Waals surface area contributed by atoms with Crippen LogP contribution in [0, 0.1) is 17.7 Å². The molecule has 2 saturated heterocycles. The number of hydrogen-bond acceptors (Lipinski definition) is 5. The summed E-state index contributed by atoms with van der Waals surface area (Å²) in [6.45, 7) is 7.62. The van der Waals surface area contributed by atoms with Crippen LogP contribution in [0.5, 0.6) is 11.5 Å². The molecule has 0 radical (unpaired) electrons. The van der Waals surface area contributed by atoms with Crippen LogP contribution < -0.4 is 10.1 Å². The van der Waals surface area contributed by atoms with Crippen LogP contribution in [-0.4, -0.2) is 66.2 Å². The zero-order valence-corrected chi connectivity index (χ0v) is 20.0. The number of benzene rings is 2. The van der Waals surface area contributed by atoms with Crippen LogP contribution in [0.4, 0.5) is 4.39 Å². The minimum absolute atomic E-state index is 0.106. The number of piperidine rings is 1. The molecule has 184 valence electrons. The number of aromatic hydroxyl groups is 1. The van der Waals surface area contributed by atoms with Crippen LogP contribution in [0.3, 0.4) is 0 Å². The topological polar surface area (TPSA) is 65.0 Å². The predicted octanol–water partition coefficient (Wildman–Crippen LogP) is 3.65. The summed E-state index contributed by atoms with van der Waals surface area (Å²) in [5, 5.41) is 12.8. The lowest BCUT2D eigenvalue weighted by molar-refractivity contribution is -0.128. The molecule has 0 spiro atoms. The van der Waals surface area contributed by atoms with Crippen LogP contribution in [0.1, 0.15) is 31.7 Å². The number of likely N-dealkylation sites (N-methyl/N-ethyl adjacent to an activating group) is 1. The summed E-state index contributed by atoms with van der Waals surface area (Å²) in [4.78, 5) is 17.9. The molecule has 34 heavy (non-hydrogen) atoms. The van der Waals surface area contributed by atoms with E-state index in [1.165, 1.54) is 18.6 Å². The van der Waals surface area contributed by atoms with E-state index in [0.29, 0.717) is 38.0 Å². The number of phenolic OH excluding ortho intramolecular Hbond substituents is 1. The smallest absolute Gasteiger partial charge is 0.224 e. The molecule has 2 fully saturated rings. The van der Waals surface area contributed by atoms with Crippen molar-refractivity contribution in [1.82, 2.24) is 15.1 Å². The number of carbonyl (C=O) groups is 1. The SMILES string of the molecule is CCN1CCCC1CNC(=O)[C@@H]1C[C@H](COc2cccc(F)c2)CN(Cc2ccc(O)cc2)C1. The molecule has 6 nitrogen and oxygen atoms in total. The lowest BCUT2D eigenvalue weighted by atomic mass is 9.88. The van der Waals surface area contributed by atoms with E-state index in [4.69, 9.17) is 4.74 Å². The maximum Gasteiger partial charge on any atom is 0.224 e.